The van der Waals surface area contributed by atoms with Gasteiger partial charge in [0.2, 0.25) is 5.88 Å². The Kier molecular flexibility index (Phi) is 5.21. The van der Waals surface area contributed by atoms with Crippen LogP contribution in [0.15, 0.2) is 66.9 Å². The topological polar surface area (TPSA) is 73.3 Å². The van der Waals surface area contributed by atoms with Gasteiger partial charge < -0.3 is 14.8 Å². The Morgan fingerprint density at radius 3 is 2.68 bits per heavy atom. The van der Waals surface area contributed by atoms with Crippen molar-refractivity contribution in [2.45, 2.75) is 6.92 Å². The molecule has 0 saturated carbocycles. The molecule has 25 heavy (non-hydrogen) atoms. The lowest BCUT2D eigenvalue weighted by molar-refractivity contribution is -0.118. The lowest BCUT2D eigenvalue weighted by Crippen LogP contribution is -2.20. The maximum atomic E-state index is 12.0. The molecular formula is C19H17N3O3. The van der Waals surface area contributed by atoms with Crippen LogP contribution in [0.5, 0.6) is 17.4 Å². The zero-order valence-electron chi connectivity index (χ0n) is 13.7. The summed E-state index contributed by atoms with van der Waals surface area (Å²) in [5, 5.41) is 10.4. The van der Waals surface area contributed by atoms with Crippen molar-refractivity contribution in [1.29, 1.82) is 0 Å². The Morgan fingerprint density at radius 2 is 1.88 bits per heavy atom. The molecule has 1 amide bonds. The number of ether oxygens (including phenoxy) is 2. The van der Waals surface area contributed by atoms with Gasteiger partial charge in [0, 0.05) is 24.0 Å². The largest absolute Gasteiger partial charge is 0.484 e. The highest BCUT2D eigenvalue weighted by molar-refractivity contribution is 5.92. The van der Waals surface area contributed by atoms with Gasteiger partial charge in [0.15, 0.2) is 6.61 Å². The molecule has 0 saturated heterocycles. The molecule has 6 nitrogen and oxygen atoms in total. The molecular weight excluding hydrogens is 318 g/mol. The first-order valence-corrected chi connectivity index (χ1v) is 7.74. The van der Waals surface area contributed by atoms with Crippen LogP contribution >= 0.6 is 0 Å². The van der Waals surface area contributed by atoms with E-state index in [0.29, 0.717) is 23.1 Å². The van der Waals surface area contributed by atoms with Gasteiger partial charge in [-0.2, -0.15) is 5.10 Å². The molecule has 0 bridgehead atoms. The zero-order valence-corrected chi connectivity index (χ0v) is 13.7. The molecule has 2 aromatic carbocycles. The molecule has 3 aromatic rings. The first-order valence-electron chi connectivity index (χ1n) is 7.74. The van der Waals surface area contributed by atoms with Gasteiger partial charge >= 0.3 is 0 Å². The van der Waals surface area contributed by atoms with Gasteiger partial charge in [-0.3, -0.25) is 4.79 Å². The van der Waals surface area contributed by atoms with Crippen LogP contribution in [0.25, 0.3) is 0 Å². The highest BCUT2D eigenvalue weighted by Gasteiger charge is 2.06. The smallest absolute Gasteiger partial charge is 0.262 e. The van der Waals surface area contributed by atoms with Crippen LogP contribution in [0.3, 0.4) is 0 Å². The molecule has 0 spiro atoms. The van der Waals surface area contributed by atoms with Gasteiger partial charge in [-0.05, 0) is 42.8 Å². The number of benzene rings is 2. The average Bonchev–Trinajstić information content (AvgIpc) is 2.61. The number of anilines is 1. The number of amides is 1. The average molecular weight is 335 g/mol. The molecule has 3 rings (SSSR count). The highest BCUT2D eigenvalue weighted by Crippen LogP contribution is 2.22. The lowest BCUT2D eigenvalue weighted by Gasteiger charge is -2.09. The SMILES string of the molecule is Cc1cccc(OCC(=O)Nc2cccc(Oc3cccnn3)c2)c1. The third kappa shape index (κ3) is 5.04. The molecule has 1 N–H and O–H groups in total. The van der Waals surface area contributed by atoms with E-state index in [1.54, 1.807) is 42.6 Å². The number of carbonyl (C=O) groups is 1. The fourth-order valence-electron chi connectivity index (χ4n) is 2.15. The Hall–Kier alpha value is -3.41. The van der Waals surface area contributed by atoms with Crippen LogP contribution in [0, 0.1) is 6.92 Å². The molecule has 0 radical (unpaired) electrons. The number of hydrogen-bond acceptors (Lipinski definition) is 5. The van der Waals surface area contributed by atoms with Crippen molar-refractivity contribution in [3.8, 4) is 17.4 Å². The number of aromatic nitrogens is 2. The number of nitrogens with one attached hydrogen (secondary N) is 1. The van der Waals surface area contributed by atoms with Gasteiger partial charge in [-0.15, -0.1) is 5.10 Å². The lowest BCUT2D eigenvalue weighted by atomic mass is 10.2. The first kappa shape index (κ1) is 16.4. The van der Waals surface area contributed by atoms with E-state index in [9.17, 15) is 4.79 Å². The van der Waals surface area contributed by atoms with Crippen LogP contribution in [0.1, 0.15) is 5.56 Å². The molecule has 1 heterocycles. The van der Waals surface area contributed by atoms with Crippen molar-refractivity contribution >= 4 is 11.6 Å². The number of carbonyl (C=O) groups excluding carboxylic acids is 1. The first-order chi connectivity index (χ1) is 12.2. The van der Waals surface area contributed by atoms with Crippen LogP contribution in [-0.4, -0.2) is 22.7 Å². The maximum Gasteiger partial charge on any atom is 0.262 e. The Balaban J connectivity index is 1.57. The standard InChI is InChI=1S/C19H17N3O3/c1-14-5-2-7-16(11-14)24-13-18(23)21-15-6-3-8-17(12-15)25-19-9-4-10-20-22-19/h2-12H,13H2,1H3,(H,21,23). The van der Waals surface area contributed by atoms with E-state index in [0.717, 1.165) is 5.56 Å². The van der Waals surface area contributed by atoms with E-state index in [1.165, 1.54) is 0 Å². The minimum absolute atomic E-state index is 0.0707. The van der Waals surface area contributed by atoms with Gasteiger partial charge in [-0.1, -0.05) is 18.2 Å². The van der Waals surface area contributed by atoms with E-state index in [4.69, 9.17) is 9.47 Å². The van der Waals surface area contributed by atoms with Crippen molar-refractivity contribution < 1.29 is 14.3 Å². The van der Waals surface area contributed by atoms with Crippen molar-refractivity contribution in [3.05, 3.63) is 72.4 Å². The van der Waals surface area contributed by atoms with E-state index in [1.807, 2.05) is 31.2 Å². The van der Waals surface area contributed by atoms with E-state index in [2.05, 4.69) is 15.5 Å². The number of nitrogens with zero attached hydrogens (tertiary/aromatic N) is 2. The quantitative estimate of drug-likeness (QED) is 0.745. The summed E-state index contributed by atoms with van der Waals surface area (Å²) < 4.78 is 11.1. The van der Waals surface area contributed by atoms with Gasteiger partial charge in [0.05, 0.1) is 0 Å². The predicted octanol–water partition coefficient (Wildman–Crippen LogP) is 3.59. The summed E-state index contributed by atoms with van der Waals surface area (Å²) >= 11 is 0. The third-order valence-corrected chi connectivity index (χ3v) is 3.25. The minimum atomic E-state index is -0.252. The Morgan fingerprint density at radius 1 is 1.04 bits per heavy atom. The molecule has 0 atom stereocenters. The van der Waals surface area contributed by atoms with Crippen molar-refractivity contribution in [2.75, 3.05) is 11.9 Å². The van der Waals surface area contributed by atoms with Gasteiger partial charge in [-0.25, -0.2) is 0 Å². The fraction of sp³-hybridized carbons (Fsp3) is 0.105. The molecule has 6 heteroatoms. The molecule has 0 unspecified atom stereocenters. The molecule has 0 aliphatic carbocycles. The van der Waals surface area contributed by atoms with Gasteiger partial charge in [0.1, 0.15) is 11.5 Å². The molecule has 126 valence electrons. The van der Waals surface area contributed by atoms with Crippen molar-refractivity contribution in [2.24, 2.45) is 0 Å². The molecule has 0 aliphatic rings. The molecule has 0 aliphatic heterocycles. The summed E-state index contributed by atoms with van der Waals surface area (Å²) in [6, 6.07) is 18.0. The fourth-order valence-corrected chi connectivity index (χ4v) is 2.15. The zero-order chi connectivity index (χ0) is 17.5. The second kappa shape index (κ2) is 7.92. The monoisotopic (exact) mass is 335 g/mol. The number of rotatable bonds is 6. The van der Waals surface area contributed by atoms with E-state index >= 15 is 0 Å². The Bertz CT molecular complexity index is 853. The Labute approximate surface area is 145 Å². The summed E-state index contributed by atoms with van der Waals surface area (Å²) in [7, 11) is 0. The van der Waals surface area contributed by atoms with Crippen molar-refractivity contribution in [3.63, 3.8) is 0 Å². The second-order valence-electron chi connectivity index (χ2n) is 5.35. The van der Waals surface area contributed by atoms with Gasteiger partial charge in [0.25, 0.3) is 5.91 Å². The summed E-state index contributed by atoms with van der Waals surface area (Å²) in [6.07, 6.45) is 1.57. The van der Waals surface area contributed by atoms with Crippen LogP contribution in [-0.2, 0) is 4.79 Å². The van der Waals surface area contributed by atoms with Crippen molar-refractivity contribution in [1.82, 2.24) is 10.2 Å². The summed E-state index contributed by atoms with van der Waals surface area (Å²) in [5.74, 6) is 1.35. The third-order valence-electron chi connectivity index (χ3n) is 3.25. The molecule has 1 aromatic heterocycles. The highest BCUT2D eigenvalue weighted by atomic mass is 16.5. The normalized spacial score (nSPS) is 10.1. The summed E-state index contributed by atoms with van der Waals surface area (Å²) in [4.78, 5) is 12.0. The second-order valence-corrected chi connectivity index (χ2v) is 5.35. The van der Waals surface area contributed by atoms with Crippen LogP contribution in [0.2, 0.25) is 0 Å². The van der Waals surface area contributed by atoms with Crippen LogP contribution in [0.4, 0.5) is 5.69 Å². The number of aryl methyl sites for hydroxylation is 1. The maximum absolute atomic E-state index is 12.0. The van der Waals surface area contributed by atoms with E-state index < -0.39 is 0 Å². The number of hydrogen-bond donors (Lipinski definition) is 1. The van der Waals surface area contributed by atoms with Crippen LogP contribution < -0.4 is 14.8 Å². The summed E-state index contributed by atoms with van der Waals surface area (Å²) in [6.45, 7) is 1.90. The van der Waals surface area contributed by atoms with E-state index in [-0.39, 0.29) is 12.5 Å². The summed E-state index contributed by atoms with van der Waals surface area (Å²) in [5.41, 5.74) is 1.69. The molecule has 0 fully saturated rings. The minimum Gasteiger partial charge on any atom is -0.484 e. The predicted molar refractivity (Wildman–Crippen MR) is 93.9 cm³/mol.